The largest absolute Gasteiger partial charge is 0.359 e. The number of rotatable bonds is 6. The van der Waals surface area contributed by atoms with Gasteiger partial charge in [-0.2, -0.15) is 0 Å². The molecule has 7 nitrogen and oxygen atoms in total. The van der Waals surface area contributed by atoms with Gasteiger partial charge in [0.15, 0.2) is 0 Å². The molecule has 1 amide bonds. The van der Waals surface area contributed by atoms with E-state index in [0.717, 1.165) is 0 Å². The summed E-state index contributed by atoms with van der Waals surface area (Å²) in [6.45, 7) is 10.3. The summed E-state index contributed by atoms with van der Waals surface area (Å²) in [7, 11) is 2.40. The number of likely N-dealkylation sites (tertiary alicyclic amines) is 1. The highest BCUT2D eigenvalue weighted by molar-refractivity contribution is 7.27. The SMILES string of the molecule is C=CC(Nc1nc(C)nc2cc(=O)n(C3(C)CCN(C(C)=O)CC3)cc12)c1cccc(C(F)F)c1P. The van der Waals surface area contributed by atoms with Crippen molar-refractivity contribution in [1.29, 1.82) is 0 Å². The van der Waals surface area contributed by atoms with Gasteiger partial charge in [0.1, 0.15) is 11.6 Å². The Balaban J connectivity index is 1.77. The van der Waals surface area contributed by atoms with Gasteiger partial charge in [0.05, 0.1) is 16.9 Å². The maximum absolute atomic E-state index is 13.5. The Morgan fingerprint density at radius 3 is 2.53 bits per heavy atom. The van der Waals surface area contributed by atoms with Crippen molar-refractivity contribution in [2.75, 3.05) is 18.4 Å². The number of carbonyl (C=O) groups excluding carboxylic acids is 1. The lowest BCUT2D eigenvalue weighted by Crippen LogP contribution is -2.48. The molecule has 190 valence electrons. The fraction of sp³-hybridized carbons (Fsp3) is 0.385. The van der Waals surface area contributed by atoms with Crippen molar-refractivity contribution in [3.8, 4) is 0 Å². The minimum atomic E-state index is -2.60. The molecule has 0 spiro atoms. The van der Waals surface area contributed by atoms with Gasteiger partial charge in [-0.1, -0.05) is 24.3 Å². The first kappa shape index (κ1) is 25.9. The molecule has 1 aromatic carbocycles. The van der Waals surface area contributed by atoms with Crippen LogP contribution in [-0.2, 0) is 10.3 Å². The second-order valence-electron chi connectivity index (χ2n) is 9.41. The molecular formula is C26H30F2N5O2P. The number of anilines is 1. The van der Waals surface area contributed by atoms with Gasteiger partial charge >= 0.3 is 0 Å². The van der Waals surface area contributed by atoms with Crippen molar-refractivity contribution >= 4 is 37.2 Å². The zero-order chi connectivity index (χ0) is 26.2. The van der Waals surface area contributed by atoms with Crippen LogP contribution < -0.4 is 16.2 Å². The van der Waals surface area contributed by atoms with E-state index in [2.05, 4.69) is 31.1 Å². The van der Waals surface area contributed by atoms with Gasteiger partial charge in [-0.05, 0) is 37.6 Å². The van der Waals surface area contributed by atoms with Gasteiger partial charge in [-0.3, -0.25) is 9.59 Å². The van der Waals surface area contributed by atoms with Crippen LogP contribution in [0.1, 0.15) is 56.1 Å². The number of piperidine rings is 1. The lowest BCUT2D eigenvalue weighted by Gasteiger charge is -2.40. The van der Waals surface area contributed by atoms with Crippen LogP contribution >= 0.6 is 9.24 Å². The smallest absolute Gasteiger partial charge is 0.264 e. The van der Waals surface area contributed by atoms with Crippen LogP contribution in [0.2, 0.25) is 0 Å². The first-order valence-corrected chi connectivity index (χ1v) is 12.3. The van der Waals surface area contributed by atoms with E-state index in [-0.39, 0.29) is 17.0 Å². The molecule has 3 heterocycles. The zero-order valence-corrected chi connectivity index (χ0v) is 21.7. The Bertz CT molecular complexity index is 1380. The molecule has 4 rings (SSSR count). The number of carbonyl (C=O) groups is 1. The van der Waals surface area contributed by atoms with Crippen LogP contribution in [0.25, 0.3) is 10.9 Å². The van der Waals surface area contributed by atoms with Gasteiger partial charge in [0, 0.05) is 43.4 Å². The molecule has 1 N–H and O–H groups in total. The van der Waals surface area contributed by atoms with E-state index >= 15 is 0 Å². The van der Waals surface area contributed by atoms with Crippen molar-refractivity contribution in [2.45, 2.75) is 51.6 Å². The van der Waals surface area contributed by atoms with Crippen molar-refractivity contribution in [1.82, 2.24) is 19.4 Å². The number of amides is 1. The third kappa shape index (κ3) is 4.89. The van der Waals surface area contributed by atoms with Crippen molar-refractivity contribution < 1.29 is 13.6 Å². The monoisotopic (exact) mass is 513 g/mol. The summed E-state index contributed by atoms with van der Waals surface area (Å²) < 4.78 is 28.7. The Kier molecular flexibility index (Phi) is 7.23. The number of pyridine rings is 1. The lowest BCUT2D eigenvalue weighted by atomic mass is 9.89. The molecule has 0 radical (unpaired) electrons. The molecule has 1 saturated heterocycles. The summed E-state index contributed by atoms with van der Waals surface area (Å²) >= 11 is 0. The Hall–Kier alpha value is -3.19. The van der Waals surface area contributed by atoms with E-state index < -0.39 is 18.0 Å². The molecule has 2 aromatic heterocycles. The van der Waals surface area contributed by atoms with Crippen LogP contribution in [-0.4, -0.2) is 38.4 Å². The first-order chi connectivity index (χ1) is 17.0. The van der Waals surface area contributed by atoms with Gasteiger partial charge < -0.3 is 14.8 Å². The van der Waals surface area contributed by atoms with Crippen LogP contribution in [0.15, 0.2) is 47.9 Å². The van der Waals surface area contributed by atoms with Gasteiger partial charge in [-0.15, -0.1) is 15.8 Å². The predicted octanol–water partition coefficient (Wildman–Crippen LogP) is 4.23. The maximum Gasteiger partial charge on any atom is 0.264 e. The number of alkyl halides is 2. The van der Waals surface area contributed by atoms with Crippen molar-refractivity contribution in [2.24, 2.45) is 0 Å². The summed E-state index contributed by atoms with van der Waals surface area (Å²) in [6, 6.07) is 5.75. The molecule has 2 atom stereocenters. The molecule has 10 heteroatoms. The van der Waals surface area contributed by atoms with E-state index in [1.54, 1.807) is 47.7 Å². The number of nitrogens with one attached hydrogen (secondary N) is 1. The number of nitrogens with zero attached hydrogens (tertiary/aromatic N) is 4. The van der Waals surface area contributed by atoms with E-state index in [9.17, 15) is 18.4 Å². The second-order valence-corrected chi connectivity index (χ2v) is 9.99. The standard InChI is InChI=1S/C26H30F2N5O2P/c1-5-20(17-7-6-8-18(23(17)36)24(27)28)31-25-19-14-33(22(35)13-21(19)29-15(2)30-25)26(4)9-11-32(12-10-26)16(3)34/h5-8,13-14,20,24H,1,9-12,36H2,2-4H3,(H,29,30,31). The van der Waals surface area contributed by atoms with E-state index in [1.165, 1.54) is 12.1 Å². The minimum Gasteiger partial charge on any atom is -0.359 e. The fourth-order valence-corrected chi connectivity index (χ4v) is 5.27. The van der Waals surface area contributed by atoms with Crippen LogP contribution in [0.4, 0.5) is 14.6 Å². The number of aryl methyl sites for hydroxylation is 1. The number of hydrogen-bond acceptors (Lipinski definition) is 5. The first-order valence-electron chi connectivity index (χ1n) is 11.8. The highest BCUT2D eigenvalue weighted by Crippen LogP contribution is 2.32. The maximum atomic E-state index is 13.5. The van der Waals surface area contributed by atoms with Crippen LogP contribution in [0.3, 0.4) is 0 Å². The molecule has 0 aliphatic carbocycles. The highest BCUT2D eigenvalue weighted by Gasteiger charge is 2.33. The molecule has 1 fully saturated rings. The van der Waals surface area contributed by atoms with E-state index in [1.807, 2.05) is 6.92 Å². The van der Waals surface area contributed by atoms with E-state index in [0.29, 0.717) is 59.3 Å². The molecule has 1 aliphatic rings. The topological polar surface area (TPSA) is 80.1 Å². The Morgan fingerprint density at radius 1 is 1.25 bits per heavy atom. The summed E-state index contributed by atoms with van der Waals surface area (Å²) in [5.41, 5.74) is 0.409. The van der Waals surface area contributed by atoms with Gasteiger partial charge in [-0.25, -0.2) is 18.7 Å². The molecule has 0 bridgehead atoms. The number of aromatic nitrogens is 3. The van der Waals surface area contributed by atoms with Gasteiger partial charge in [0.2, 0.25) is 5.91 Å². The molecule has 0 saturated carbocycles. The minimum absolute atomic E-state index is 0.0260. The fourth-order valence-electron chi connectivity index (χ4n) is 4.77. The predicted molar refractivity (Wildman–Crippen MR) is 141 cm³/mol. The van der Waals surface area contributed by atoms with Crippen LogP contribution in [0, 0.1) is 6.92 Å². The average Bonchev–Trinajstić information content (AvgIpc) is 2.82. The van der Waals surface area contributed by atoms with Crippen molar-refractivity contribution in [3.05, 3.63) is 70.4 Å². The van der Waals surface area contributed by atoms with E-state index in [4.69, 9.17) is 0 Å². The van der Waals surface area contributed by atoms with Gasteiger partial charge in [0.25, 0.3) is 12.0 Å². The third-order valence-electron chi connectivity index (χ3n) is 6.98. The normalized spacial score (nSPS) is 16.2. The summed E-state index contributed by atoms with van der Waals surface area (Å²) in [4.78, 5) is 35.7. The lowest BCUT2D eigenvalue weighted by molar-refractivity contribution is -0.130. The number of hydrogen-bond donors (Lipinski definition) is 1. The molecule has 36 heavy (non-hydrogen) atoms. The second kappa shape index (κ2) is 10.1. The number of fused-ring (bicyclic) bond motifs is 1. The summed E-state index contributed by atoms with van der Waals surface area (Å²) in [6.07, 6.45) is 2.07. The van der Waals surface area contributed by atoms with Crippen molar-refractivity contribution in [3.63, 3.8) is 0 Å². The Labute approximate surface area is 210 Å². The zero-order valence-electron chi connectivity index (χ0n) is 20.6. The molecule has 1 aliphatic heterocycles. The quantitative estimate of drug-likeness (QED) is 0.394. The highest BCUT2D eigenvalue weighted by atomic mass is 31.0. The number of halogens is 2. The van der Waals surface area contributed by atoms with Crippen LogP contribution in [0.5, 0.6) is 0 Å². The molecular weight excluding hydrogens is 483 g/mol. The number of benzene rings is 1. The average molecular weight is 514 g/mol. The molecule has 2 unspecified atom stereocenters. The summed E-state index contributed by atoms with van der Waals surface area (Å²) in [5.74, 6) is 0.976. The summed E-state index contributed by atoms with van der Waals surface area (Å²) in [5, 5.41) is 4.37. The Morgan fingerprint density at radius 2 is 1.92 bits per heavy atom. The molecule has 3 aromatic rings. The third-order valence-corrected chi connectivity index (χ3v) is 7.65.